The van der Waals surface area contributed by atoms with E-state index in [1.165, 1.54) is 18.4 Å². The van der Waals surface area contributed by atoms with Crippen LogP contribution < -0.4 is 5.32 Å². The van der Waals surface area contributed by atoms with Crippen molar-refractivity contribution < 1.29 is 0 Å². The molecule has 1 N–H and O–H groups in total. The van der Waals surface area contributed by atoms with E-state index in [-0.39, 0.29) is 0 Å². The topological polar surface area (TPSA) is 24.9 Å². The van der Waals surface area contributed by atoms with Gasteiger partial charge >= 0.3 is 0 Å². The molecule has 1 fully saturated rings. The molecule has 0 aliphatic carbocycles. The van der Waals surface area contributed by atoms with Crippen LogP contribution in [0.25, 0.3) is 0 Å². The van der Waals surface area contributed by atoms with Crippen molar-refractivity contribution in [1.82, 2.24) is 10.3 Å². The lowest BCUT2D eigenvalue weighted by Crippen LogP contribution is -2.13. The van der Waals surface area contributed by atoms with Gasteiger partial charge in [-0.25, -0.2) is 0 Å². The molecule has 0 unspecified atom stereocenters. The van der Waals surface area contributed by atoms with Crippen molar-refractivity contribution in [3.05, 3.63) is 29.0 Å². The number of hydrogen-bond acceptors (Lipinski definition) is 2. The second kappa shape index (κ2) is 3.42. The van der Waals surface area contributed by atoms with Gasteiger partial charge in [-0.2, -0.15) is 0 Å². The fourth-order valence-electron chi connectivity index (χ4n) is 1.62. The fourth-order valence-corrected chi connectivity index (χ4v) is 1.87. The minimum Gasteiger partial charge on any atom is -0.310 e. The molecule has 1 aliphatic heterocycles. The zero-order valence-electron chi connectivity index (χ0n) is 6.76. The zero-order valence-corrected chi connectivity index (χ0v) is 7.51. The molecule has 12 heavy (non-hydrogen) atoms. The molecular weight excluding hydrogens is 172 g/mol. The standard InChI is InChI=1S/C9H11ClN2/c10-8-6-11-5-3-7(8)9-2-1-4-12-9/h3,5-6,9,12H,1-2,4H2/t9-/m1/s1. The highest BCUT2D eigenvalue weighted by Gasteiger charge is 2.17. The van der Waals surface area contributed by atoms with E-state index in [0.717, 1.165) is 11.6 Å². The predicted molar refractivity (Wildman–Crippen MR) is 49.2 cm³/mol. The number of halogens is 1. The molecule has 2 nitrogen and oxygen atoms in total. The van der Waals surface area contributed by atoms with Gasteiger partial charge in [0.2, 0.25) is 0 Å². The summed E-state index contributed by atoms with van der Waals surface area (Å²) in [6, 6.07) is 2.44. The van der Waals surface area contributed by atoms with Crippen LogP contribution in [0.15, 0.2) is 18.5 Å². The Balaban J connectivity index is 2.26. The highest BCUT2D eigenvalue weighted by Crippen LogP contribution is 2.27. The van der Waals surface area contributed by atoms with E-state index >= 15 is 0 Å². The first kappa shape index (κ1) is 8.02. The van der Waals surface area contributed by atoms with Crippen LogP contribution in [0, 0.1) is 0 Å². The third kappa shape index (κ3) is 1.45. The Morgan fingerprint density at radius 2 is 2.50 bits per heavy atom. The summed E-state index contributed by atoms with van der Waals surface area (Å²) in [5.41, 5.74) is 1.18. The van der Waals surface area contributed by atoms with Gasteiger partial charge in [-0.15, -0.1) is 0 Å². The Bertz CT molecular complexity index is 269. The van der Waals surface area contributed by atoms with Gasteiger partial charge in [0.1, 0.15) is 0 Å². The molecule has 1 aromatic heterocycles. The first-order valence-corrected chi connectivity index (χ1v) is 4.58. The van der Waals surface area contributed by atoms with Gasteiger partial charge in [0.15, 0.2) is 0 Å². The Morgan fingerprint density at radius 1 is 1.58 bits per heavy atom. The van der Waals surface area contributed by atoms with Crippen LogP contribution in [0.4, 0.5) is 0 Å². The average molecular weight is 183 g/mol. The lowest BCUT2D eigenvalue weighted by molar-refractivity contribution is 0.647. The van der Waals surface area contributed by atoms with E-state index in [9.17, 15) is 0 Å². The molecule has 1 aliphatic rings. The Kier molecular flexibility index (Phi) is 2.28. The minimum absolute atomic E-state index is 0.445. The van der Waals surface area contributed by atoms with Crippen LogP contribution >= 0.6 is 11.6 Å². The predicted octanol–water partition coefficient (Wildman–Crippen LogP) is 2.16. The van der Waals surface area contributed by atoms with Crippen molar-refractivity contribution in [2.45, 2.75) is 18.9 Å². The average Bonchev–Trinajstić information content (AvgIpc) is 2.57. The van der Waals surface area contributed by atoms with Crippen LogP contribution in [-0.2, 0) is 0 Å². The molecule has 0 bridgehead atoms. The molecule has 0 aromatic carbocycles. The van der Waals surface area contributed by atoms with Gasteiger partial charge in [0.05, 0.1) is 5.02 Å². The van der Waals surface area contributed by atoms with Crippen molar-refractivity contribution in [1.29, 1.82) is 0 Å². The molecule has 1 aromatic rings. The van der Waals surface area contributed by atoms with E-state index in [1.54, 1.807) is 12.4 Å². The molecule has 3 heteroatoms. The summed E-state index contributed by atoms with van der Waals surface area (Å²) in [7, 11) is 0. The summed E-state index contributed by atoms with van der Waals surface area (Å²) in [6.07, 6.45) is 5.92. The fraction of sp³-hybridized carbons (Fsp3) is 0.444. The maximum absolute atomic E-state index is 6.00. The van der Waals surface area contributed by atoms with Crippen LogP contribution in [-0.4, -0.2) is 11.5 Å². The molecule has 2 rings (SSSR count). The molecule has 1 atom stereocenters. The highest BCUT2D eigenvalue weighted by atomic mass is 35.5. The van der Waals surface area contributed by atoms with Crippen molar-refractivity contribution in [3.8, 4) is 0 Å². The summed E-state index contributed by atoms with van der Waals surface area (Å²) < 4.78 is 0. The zero-order chi connectivity index (χ0) is 8.39. The van der Waals surface area contributed by atoms with Gasteiger partial charge in [0, 0.05) is 18.4 Å². The Morgan fingerprint density at radius 3 is 3.17 bits per heavy atom. The van der Waals surface area contributed by atoms with Gasteiger partial charge in [-0.3, -0.25) is 4.98 Å². The quantitative estimate of drug-likeness (QED) is 0.720. The largest absolute Gasteiger partial charge is 0.310 e. The van der Waals surface area contributed by atoms with Gasteiger partial charge in [-0.05, 0) is 31.0 Å². The summed E-state index contributed by atoms with van der Waals surface area (Å²) >= 11 is 6.00. The SMILES string of the molecule is Clc1cnccc1[C@H]1CCCN1. The normalized spacial score (nSPS) is 22.9. The smallest absolute Gasteiger partial charge is 0.0637 e. The lowest BCUT2D eigenvalue weighted by atomic mass is 10.1. The summed E-state index contributed by atoms with van der Waals surface area (Å²) in [6.45, 7) is 1.10. The Labute approximate surface area is 77.0 Å². The van der Waals surface area contributed by atoms with Crippen molar-refractivity contribution in [3.63, 3.8) is 0 Å². The van der Waals surface area contributed by atoms with Gasteiger partial charge < -0.3 is 5.32 Å². The van der Waals surface area contributed by atoms with Crippen LogP contribution in [0.3, 0.4) is 0 Å². The summed E-state index contributed by atoms with van der Waals surface area (Å²) in [5, 5.41) is 4.18. The van der Waals surface area contributed by atoms with Crippen LogP contribution in [0.5, 0.6) is 0 Å². The molecule has 2 heterocycles. The first-order valence-electron chi connectivity index (χ1n) is 4.21. The second-order valence-corrected chi connectivity index (χ2v) is 3.45. The molecule has 1 saturated heterocycles. The molecule has 0 saturated carbocycles. The molecule has 0 radical (unpaired) electrons. The number of nitrogens with zero attached hydrogens (tertiary/aromatic N) is 1. The molecule has 0 spiro atoms. The van der Waals surface area contributed by atoms with Crippen molar-refractivity contribution >= 4 is 11.6 Å². The van der Waals surface area contributed by atoms with Crippen LogP contribution in [0.1, 0.15) is 24.4 Å². The van der Waals surface area contributed by atoms with Gasteiger partial charge in [-0.1, -0.05) is 11.6 Å². The van der Waals surface area contributed by atoms with E-state index in [4.69, 9.17) is 11.6 Å². The van der Waals surface area contributed by atoms with E-state index in [1.807, 2.05) is 6.07 Å². The van der Waals surface area contributed by atoms with Crippen molar-refractivity contribution in [2.24, 2.45) is 0 Å². The van der Waals surface area contributed by atoms with E-state index in [0.29, 0.717) is 6.04 Å². The number of aromatic nitrogens is 1. The molecule has 64 valence electrons. The van der Waals surface area contributed by atoms with E-state index in [2.05, 4.69) is 10.3 Å². The Hall–Kier alpha value is -0.600. The molecular formula is C9H11ClN2. The number of nitrogens with one attached hydrogen (secondary N) is 1. The highest BCUT2D eigenvalue weighted by molar-refractivity contribution is 6.31. The minimum atomic E-state index is 0.445. The third-order valence-corrected chi connectivity index (χ3v) is 2.56. The summed E-state index contributed by atoms with van der Waals surface area (Å²) in [4.78, 5) is 3.96. The van der Waals surface area contributed by atoms with Crippen molar-refractivity contribution in [2.75, 3.05) is 6.54 Å². The van der Waals surface area contributed by atoms with Gasteiger partial charge in [0.25, 0.3) is 0 Å². The maximum Gasteiger partial charge on any atom is 0.0637 e. The monoisotopic (exact) mass is 182 g/mol. The number of hydrogen-bond donors (Lipinski definition) is 1. The van der Waals surface area contributed by atoms with E-state index < -0.39 is 0 Å². The number of pyridine rings is 1. The second-order valence-electron chi connectivity index (χ2n) is 3.05. The summed E-state index contributed by atoms with van der Waals surface area (Å²) in [5.74, 6) is 0. The molecule has 0 amide bonds. The first-order chi connectivity index (χ1) is 5.88. The number of rotatable bonds is 1. The lowest BCUT2D eigenvalue weighted by Gasteiger charge is -2.11. The van der Waals surface area contributed by atoms with Crippen LogP contribution in [0.2, 0.25) is 5.02 Å². The maximum atomic E-state index is 6.00. The third-order valence-electron chi connectivity index (χ3n) is 2.24.